The largest absolute Gasteiger partial charge is 0.310 e. The molecule has 0 amide bonds. The van der Waals surface area contributed by atoms with Crippen molar-refractivity contribution in [2.24, 2.45) is 11.8 Å². The molecule has 1 fully saturated rings. The summed E-state index contributed by atoms with van der Waals surface area (Å²) in [7, 11) is 0. The Bertz CT molecular complexity index is 433. The summed E-state index contributed by atoms with van der Waals surface area (Å²) in [6.07, 6.45) is 3.94. The Balaban J connectivity index is 1.89. The second kappa shape index (κ2) is 6.02. The fourth-order valence-corrected chi connectivity index (χ4v) is 2.97. The molecule has 1 N–H and O–H groups in total. The summed E-state index contributed by atoms with van der Waals surface area (Å²) >= 11 is 0. The van der Waals surface area contributed by atoms with Gasteiger partial charge in [0.05, 0.1) is 11.6 Å². The number of benzene rings is 1. The highest BCUT2D eigenvalue weighted by atomic mass is 14.9. The smallest absolute Gasteiger partial charge is 0.0991 e. The van der Waals surface area contributed by atoms with Gasteiger partial charge in [0, 0.05) is 12.6 Å². The first-order chi connectivity index (χ1) is 8.69. The van der Waals surface area contributed by atoms with Crippen molar-refractivity contribution in [3.63, 3.8) is 0 Å². The molecular formula is C16H22N2. The Morgan fingerprint density at radius 1 is 1.33 bits per heavy atom. The Kier molecular flexibility index (Phi) is 4.38. The third-order valence-electron chi connectivity index (χ3n) is 4.06. The molecule has 1 saturated carbocycles. The molecule has 0 heterocycles. The van der Waals surface area contributed by atoms with E-state index < -0.39 is 0 Å². The van der Waals surface area contributed by atoms with Gasteiger partial charge >= 0.3 is 0 Å². The highest BCUT2D eigenvalue weighted by Crippen LogP contribution is 2.28. The van der Waals surface area contributed by atoms with Crippen molar-refractivity contribution in [2.75, 3.05) is 0 Å². The average Bonchev–Trinajstić information content (AvgIpc) is 2.38. The molecule has 0 radical (unpaired) electrons. The number of nitriles is 1. The lowest BCUT2D eigenvalue weighted by Gasteiger charge is -2.33. The molecule has 1 aliphatic rings. The molecule has 0 aliphatic heterocycles. The number of hydrogen-bond acceptors (Lipinski definition) is 2. The summed E-state index contributed by atoms with van der Waals surface area (Å²) in [5.74, 6) is 1.63. The van der Waals surface area contributed by atoms with Gasteiger partial charge in [-0.15, -0.1) is 0 Å². The molecule has 1 aromatic carbocycles. The molecule has 2 rings (SSSR count). The van der Waals surface area contributed by atoms with E-state index in [0.29, 0.717) is 6.04 Å². The van der Waals surface area contributed by atoms with Crippen LogP contribution in [-0.2, 0) is 6.54 Å². The maximum Gasteiger partial charge on any atom is 0.0991 e. The second-order valence-corrected chi connectivity index (χ2v) is 5.70. The molecule has 1 aliphatic carbocycles. The normalized spacial score (nSPS) is 27.7. The van der Waals surface area contributed by atoms with Crippen LogP contribution in [0.2, 0.25) is 0 Å². The van der Waals surface area contributed by atoms with Crippen LogP contribution in [0.1, 0.15) is 44.2 Å². The zero-order valence-electron chi connectivity index (χ0n) is 11.3. The van der Waals surface area contributed by atoms with Crippen LogP contribution in [0.25, 0.3) is 0 Å². The minimum atomic E-state index is 0.631. The van der Waals surface area contributed by atoms with E-state index in [1.54, 1.807) is 0 Å². The first-order valence-corrected chi connectivity index (χ1v) is 6.91. The van der Waals surface area contributed by atoms with Gasteiger partial charge in [0.1, 0.15) is 0 Å². The molecule has 3 atom stereocenters. The van der Waals surface area contributed by atoms with Crippen molar-refractivity contribution in [1.82, 2.24) is 5.32 Å². The van der Waals surface area contributed by atoms with E-state index in [4.69, 9.17) is 5.26 Å². The summed E-state index contributed by atoms with van der Waals surface area (Å²) in [5.41, 5.74) is 1.96. The van der Waals surface area contributed by atoms with E-state index in [2.05, 4.69) is 31.3 Å². The first-order valence-electron chi connectivity index (χ1n) is 6.91. The van der Waals surface area contributed by atoms with Gasteiger partial charge in [-0.1, -0.05) is 26.0 Å². The minimum absolute atomic E-state index is 0.631. The van der Waals surface area contributed by atoms with Crippen molar-refractivity contribution >= 4 is 0 Å². The SMILES string of the molecule is CC1CCC(NCc2cccc(C#N)c2)C(C)C1. The van der Waals surface area contributed by atoms with Crippen LogP contribution in [-0.4, -0.2) is 6.04 Å². The van der Waals surface area contributed by atoms with Crippen molar-refractivity contribution in [1.29, 1.82) is 5.26 Å². The predicted octanol–water partition coefficient (Wildman–Crippen LogP) is 3.47. The zero-order valence-corrected chi connectivity index (χ0v) is 11.3. The van der Waals surface area contributed by atoms with Gasteiger partial charge in [0.25, 0.3) is 0 Å². The summed E-state index contributed by atoms with van der Waals surface area (Å²) < 4.78 is 0. The highest BCUT2D eigenvalue weighted by Gasteiger charge is 2.24. The Labute approximate surface area is 110 Å². The van der Waals surface area contributed by atoms with Crippen molar-refractivity contribution in [2.45, 2.75) is 45.7 Å². The molecule has 0 spiro atoms. The maximum absolute atomic E-state index is 8.88. The molecule has 1 aromatic rings. The molecule has 3 unspecified atom stereocenters. The molecule has 18 heavy (non-hydrogen) atoms. The van der Waals surface area contributed by atoms with E-state index >= 15 is 0 Å². The molecule has 2 heteroatoms. The Morgan fingerprint density at radius 3 is 2.89 bits per heavy atom. The Hall–Kier alpha value is -1.33. The van der Waals surface area contributed by atoms with Gasteiger partial charge in [-0.3, -0.25) is 0 Å². The lowest BCUT2D eigenvalue weighted by Crippen LogP contribution is -2.38. The van der Waals surface area contributed by atoms with Crippen LogP contribution in [0.15, 0.2) is 24.3 Å². The van der Waals surface area contributed by atoms with Gasteiger partial charge in [0.2, 0.25) is 0 Å². The van der Waals surface area contributed by atoms with Crippen molar-refractivity contribution in [3.05, 3.63) is 35.4 Å². The van der Waals surface area contributed by atoms with Gasteiger partial charge in [-0.2, -0.15) is 5.26 Å². The monoisotopic (exact) mass is 242 g/mol. The average molecular weight is 242 g/mol. The lowest BCUT2D eigenvalue weighted by atomic mass is 9.80. The van der Waals surface area contributed by atoms with Crippen LogP contribution in [0, 0.1) is 23.2 Å². The fourth-order valence-electron chi connectivity index (χ4n) is 2.97. The maximum atomic E-state index is 8.88. The van der Waals surface area contributed by atoms with Crippen molar-refractivity contribution < 1.29 is 0 Å². The quantitative estimate of drug-likeness (QED) is 0.881. The van der Waals surface area contributed by atoms with E-state index in [0.717, 1.165) is 23.9 Å². The second-order valence-electron chi connectivity index (χ2n) is 5.70. The third-order valence-corrected chi connectivity index (χ3v) is 4.06. The molecule has 0 aromatic heterocycles. The fraction of sp³-hybridized carbons (Fsp3) is 0.562. The van der Waals surface area contributed by atoms with Crippen LogP contribution in [0.5, 0.6) is 0 Å². The number of nitrogens with zero attached hydrogens (tertiary/aromatic N) is 1. The van der Waals surface area contributed by atoms with Crippen LogP contribution in [0.3, 0.4) is 0 Å². The van der Waals surface area contributed by atoms with Gasteiger partial charge in [-0.05, 0) is 48.8 Å². The summed E-state index contributed by atoms with van der Waals surface area (Å²) in [4.78, 5) is 0. The number of nitrogens with one attached hydrogen (secondary N) is 1. The van der Waals surface area contributed by atoms with E-state index in [9.17, 15) is 0 Å². The van der Waals surface area contributed by atoms with Crippen molar-refractivity contribution in [3.8, 4) is 6.07 Å². The zero-order chi connectivity index (χ0) is 13.0. The number of hydrogen-bond donors (Lipinski definition) is 1. The molecule has 0 saturated heterocycles. The van der Waals surface area contributed by atoms with Gasteiger partial charge < -0.3 is 5.32 Å². The van der Waals surface area contributed by atoms with Crippen LogP contribution >= 0.6 is 0 Å². The van der Waals surface area contributed by atoms with Crippen LogP contribution in [0.4, 0.5) is 0 Å². The summed E-state index contributed by atoms with van der Waals surface area (Å²) in [6.45, 7) is 5.57. The first kappa shape index (κ1) is 13.1. The van der Waals surface area contributed by atoms with Crippen LogP contribution < -0.4 is 5.32 Å². The summed E-state index contributed by atoms with van der Waals surface area (Å²) in [6, 6.07) is 10.7. The third kappa shape index (κ3) is 3.34. The minimum Gasteiger partial charge on any atom is -0.310 e. The number of rotatable bonds is 3. The standard InChI is InChI=1S/C16H22N2/c1-12-6-7-16(13(2)8-12)18-11-15-5-3-4-14(9-15)10-17/h3-5,9,12-13,16,18H,6-8,11H2,1-2H3. The summed E-state index contributed by atoms with van der Waals surface area (Å²) in [5, 5.41) is 12.5. The topological polar surface area (TPSA) is 35.8 Å². The van der Waals surface area contributed by atoms with E-state index in [1.165, 1.54) is 24.8 Å². The molecular weight excluding hydrogens is 220 g/mol. The lowest BCUT2D eigenvalue weighted by molar-refractivity contribution is 0.227. The van der Waals surface area contributed by atoms with E-state index in [1.807, 2.05) is 18.2 Å². The van der Waals surface area contributed by atoms with E-state index in [-0.39, 0.29) is 0 Å². The van der Waals surface area contributed by atoms with Gasteiger partial charge in [-0.25, -0.2) is 0 Å². The van der Waals surface area contributed by atoms with Gasteiger partial charge in [0.15, 0.2) is 0 Å². The molecule has 0 bridgehead atoms. The molecule has 2 nitrogen and oxygen atoms in total. The Morgan fingerprint density at radius 2 is 2.17 bits per heavy atom. The highest BCUT2D eigenvalue weighted by molar-refractivity contribution is 5.32. The molecule has 96 valence electrons. The predicted molar refractivity (Wildman–Crippen MR) is 74.0 cm³/mol.